The summed E-state index contributed by atoms with van der Waals surface area (Å²) in [6, 6.07) is 17.8. The molecule has 30 heavy (non-hydrogen) atoms. The highest BCUT2D eigenvalue weighted by atomic mass is 19.1. The van der Waals surface area contributed by atoms with Crippen LogP contribution in [0.3, 0.4) is 0 Å². The van der Waals surface area contributed by atoms with E-state index in [0.717, 1.165) is 0 Å². The quantitative estimate of drug-likeness (QED) is 0.455. The van der Waals surface area contributed by atoms with Gasteiger partial charge in [-0.15, -0.1) is 0 Å². The van der Waals surface area contributed by atoms with Gasteiger partial charge in [0.2, 0.25) is 5.78 Å². The number of methoxy groups -OCH3 is 1. The van der Waals surface area contributed by atoms with Gasteiger partial charge in [0.25, 0.3) is 5.91 Å². The molecule has 0 atom stereocenters. The topological polar surface area (TPSA) is 68.5 Å². The molecule has 4 aromatic rings. The van der Waals surface area contributed by atoms with Crippen LogP contribution in [-0.4, -0.2) is 18.8 Å². The number of benzene rings is 3. The first-order valence-electron chi connectivity index (χ1n) is 9.25. The molecule has 1 amide bonds. The zero-order valence-corrected chi connectivity index (χ0v) is 16.4. The number of halogens is 1. The van der Waals surface area contributed by atoms with E-state index in [1.54, 1.807) is 62.6 Å². The van der Waals surface area contributed by atoms with Crippen molar-refractivity contribution >= 4 is 28.3 Å². The van der Waals surface area contributed by atoms with Crippen molar-refractivity contribution in [2.75, 3.05) is 12.4 Å². The van der Waals surface area contributed by atoms with E-state index in [9.17, 15) is 14.0 Å². The molecule has 1 N–H and O–H groups in total. The predicted molar refractivity (Wildman–Crippen MR) is 112 cm³/mol. The highest BCUT2D eigenvalue weighted by Gasteiger charge is 2.24. The Morgan fingerprint density at radius 2 is 1.67 bits per heavy atom. The van der Waals surface area contributed by atoms with Crippen LogP contribution in [0, 0.1) is 12.7 Å². The molecule has 3 aromatic carbocycles. The van der Waals surface area contributed by atoms with Crippen LogP contribution in [0.5, 0.6) is 5.75 Å². The number of fused-ring (bicyclic) bond motifs is 1. The average molecular weight is 403 g/mol. The van der Waals surface area contributed by atoms with Gasteiger partial charge in [-0.25, -0.2) is 4.39 Å². The summed E-state index contributed by atoms with van der Waals surface area (Å²) in [6.07, 6.45) is 0. The van der Waals surface area contributed by atoms with Crippen LogP contribution in [0.1, 0.15) is 32.0 Å². The van der Waals surface area contributed by atoms with E-state index in [4.69, 9.17) is 9.15 Å². The fourth-order valence-corrected chi connectivity index (χ4v) is 3.12. The largest absolute Gasteiger partial charge is 0.497 e. The number of hydrogen-bond donors (Lipinski definition) is 1. The maximum Gasteiger partial charge on any atom is 0.255 e. The van der Waals surface area contributed by atoms with Crippen LogP contribution in [-0.2, 0) is 0 Å². The summed E-state index contributed by atoms with van der Waals surface area (Å²) in [4.78, 5) is 25.9. The zero-order valence-electron chi connectivity index (χ0n) is 16.4. The number of para-hydroxylation sites is 1. The summed E-state index contributed by atoms with van der Waals surface area (Å²) in [7, 11) is 1.54. The molecule has 0 radical (unpaired) electrons. The maximum absolute atomic E-state index is 14.0. The summed E-state index contributed by atoms with van der Waals surface area (Å²) in [5, 5.41) is 3.35. The van der Waals surface area contributed by atoms with E-state index in [2.05, 4.69) is 5.32 Å². The number of furan rings is 1. The van der Waals surface area contributed by atoms with Crippen molar-refractivity contribution in [2.24, 2.45) is 0 Å². The predicted octanol–water partition coefficient (Wildman–Crippen LogP) is 5.37. The monoisotopic (exact) mass is 403 g/mol. The van der Waals surface area contributed by atoms with Gasteiger partial charge >= 0.3 is 0 Å². The minimum atomic E-state index is -0.518. The van der Waals surface area contributed by atoms with Crippen molar-refractivity contribution < 1.29 is 23.1 Å². The van der Waals surface area contributed by atoms with Gasteiger partial charge in [-0.2, -0.15) is 0 Å². The number of rotatable bonds is 5. The lowest BCUT2D eigenvalue weighted by molar-refractivity contribution is 0.101. The van der Waals surface area contributed by atoms with Crippen LogP contribution in [0.15, 0.2) is 71.1 Å². The van der Waals surface area contributed by atoms with Crippen molar-refractivity contribution in [1.29, 1.82) is 0 Å². The second-order valence-electron chi connectivity index (χ2n) is 6.78. The molecule has 0 fully saturated rings. The molecule has 0 aliphatic rings. The number of carbonyl (C=O) groups is 2. The third-order valence-corrected chi connectivity index (χ3v) is 4.83. The molecule has 0 saturated carbocycles. The second-order valence-corrected chi connectivity index (χ2v) is 6.78. The molecule has 0 bridgehead atoms. The first-order valence-corrected chi connectivity index (χ1v) is 9.25. The van der Waals surface area contributed by atoms with Gasteiger partial charge in [0.1, 0.15) is 17.1 Å². The Labute approximate surface area is 172 Å². The molecule has 0 aliphatic carbocycles. The lowest BCUT2D eigenvalue weighted by atomic mass is 10.0. The van der Waals surface area contributed by atoms with Crippen molar-refractivity contribution in [3.05, 3.63) is 95.0 Å². The van der Waals surface area contributed by atoms with Gasteiger partial charge in [-0.05, 0) is 55.0 Å². The van der Waals surface area contributed by atoms with Gasteiger partial charge < -0.3 is 14.5 Å². The summed E-state index contributed by atoms with van der Waals surface area (Å²) >= 11 is 0. The molecular weight excluding hydrogens is 385 g/mol. The fourth-order valence-electron chi connectivity index (χ4n) is 3.12. The third kappa shape index (κ3) is 3.55. The summed E-state index contributed by atoms with van der Waals surface area (Å²) in [6.45, 7) is 1.62. The van der Waals surface area contributed by atoms with Crippen LogP contribution in [0.2, 0.25) is 0 Å². The molecule has 6 heteroatoms. The van der Waals surface area contributed by atoms with E-state index in [1.165, 1.54) is 18.2 Å². The van der Waals surface area contributed by atoms with Gasteiger partial charge in [0.15, 0.2) is 5.76 Å². The summed E-state index contributed by atoms with van der Waals surface area (Å²) in [5.41, 5.74) is 1.65. The van der Waals surface area contributed by atoms with Gasteiger partial charge in [0, 0.05) is 16.5 Å². The molecule has 0 aliphatic heterocycles. The minimum Gasteiger partial charge on any atom is -0.497 e. The van der Waals surface area contributed by atoms with Crippen molar-refractivity contribution in [3.63, 3.8) is 0 Å². The number of hydrogen-bond acceptors (Lipinski definition) is 4. The molecule has 150 valence electrons. The first kappa shape index (κ1) is 19.4. The summed E-state index contributed by atoms with van der Waals surface area (Å²) < 4.78 is 24.9. The van der Waals surface area contributed by atoms with Crippen LogP contribution in [0.4, 0.5) is 10.1 Å². The van der Waals surface area contributed by atoms with Crippen molar-refractivity contribution in [2.45, 2.75) is 6.92 Å². The first-order chi connectivity index (χ1) is 14.5. The average Bonchev–Trinajstić information content (AvgIpc) is 3.13. The van der Waals surface area contributed by atoms with E-state index in [1.807, 2.05) is 0 Å². The highest BCUT2D eigenvalue weighted by Crippen LogP contribution is 2.33. The lowest BCUT2D eigenvalue weighted by Crippen LogP contribution is -2.14. The standard InChI is InChI=1S/C24H18FNO4/c1-14-7-8-16(13-19(14)25)22(27)23-21(18-5-3-4-6-20(18)30-23)26-24(28)15-9-11-17(29-2)12-10-15/h3-13H,1-2H3,(H,26,28). The SMILES string of the molecule is COc1ccc(C(=O)Nc2c(C(=O)c3ccc(C)c(F)c3)oc3ccccc23)cc1. The Morgan fingerprint density at radius 3 is 2.37 bits per heavy atom. The third-order valence-electron chi connectivity index (χ3n) is 4.83. The van der Waals surface area contributed by atoms with Crippen LogP contribution >= 0.6 is 0 Å². The molecule has 5 nitrogen and oxygen atoms in total. The number of nitrogens with one attached hydrogen (secondary N) is 1. The minimum absolute atomic E-state index is 0.0543. The van der Waals surface area contributed by atoms with Gasteiger partial charge in [-0.1, -0.05) is 24.3 Å². The molecule has 0 spiro atoms. The maximum atomic E-state index is 14.0. The van der Waals surface area contributed by atoms with Crippen molar-refractivity contribution in [1.82, 2.24) is 0 Å². The Bertz CT molecular complexity index is 1260. The van der Waals surface area contributed by atoms with Crippen LogP contribution in [0.25, 0.3) is 11.0 Å². The van der Waals surface area contributed by atoms with Crippen LogP contribution < -0.4 is 10.1 Å². The molecule has 1 aromatic heterocycles. The number of aryl methyl sites for hydroxylation is 1. The number of carbonyl (C=O) groups excluding carboxylic acids is 2. The summed E-state index contributed by atoms with van der Waals surface area (Å²) in [5.74, 6) is -0.844. The van der Waals surface area contributed by atoms with E-state index < -0.39 is 17.5 Å². The number of ketones is 1. The Hall–Kier alpha value is -3.93. The molecule has 1 heterocycles. The lowest BCUT2D eigenvalue weighted by Gasteiger charge is -2.07. The van der Waals surface area contributed by atoms with E-state index >= 15 is 0 Å². The molecule has 0 unspecified atom stereocenters. The van der Waals surface area contributed by atoms with Gasteiger partial charge in [0.05, 0.1) is 12.8 Å². The molecule has 4 rings (SSSR count). The fraction of sp³-hybridized carbons (Fsp3) is 0.0833. The van der Waals surface area contributed by atoms with Crippen molar-refractivity contribution in [3.8, 4) is 5.75 Å². The smallest absolute Gasteiger partial charge is 0.255 e. The number of anilines is 1. The highest BCUT2D eigenvalue weighted by molar-refractivity contribution is 6.18. The van der Waals surface area contributed by atoms with E-state index in [-0.39, 0.29) is 17.0 Å². The zero-order chi connectivity index (χ0) is 21.3. The number of ether oxygens (including phenoxy) is 1. The number of amides is 1. The second kappa shape index (κ2) is 7.83. The Kier molecular flexibility index (Phi) is 5.06. The molecule has 0 saturated heterocycles. The van der Waals surface area contributed by atoms with E-state index in [0.29, 0.717) is 27.8 Å². The van der Waals surface area contributed by atoms with Gasteiger partial charge in [-0.3, -0.25) is 9.59 Å². The Balaban J connectivity index is 1.75. The Morgan fingerprint density at radius 1 is 0.967 bits per heavy atom. The normalized spacial score (nSPS) is 10.8. The molecular formula is C24H18FNO4.